The summed E-state index contributed by atoms with van der Waals surface area (Å²) in [4.78, 5) is 36.5. The maximum Gasteiger partial charge on any atom is 0.330 e. The first-order valence-corrected chi connectivity index (χ1v) is 9.97. The van der Waals surface area contributed by atoms with Gasteiger partial charge < -0.3 is 4.90 Å². The van der Waals surface area contributed by atoms with Crippen molar-refractivity contribution in [2.75, 3.05) is 13.1 Å². The summed E-state index contributed by atoms with van der Waals surface area (Å²) in [5.41, 5.74) is 2.22. The Hall–Kier alpha value is -2.96. The van der Waals surface area contributed by atoms with E-state index in [0.29, 0.717) is 24.6 Å². The number of rotatable bonds is 4. The first-order chi connectivity index (χ1) is 13.7. The Bertz CT molecular complexity index is 1070. The zero-order valence-electron chi connectivity index (χ0n) is 15.7. The Morgan fingerprint density at radius 3 is 2.79 bits per heavy atom. The fourth-order valence-corrected chi connectivity index (χ4v) is 4.19. The molecule has 7 heteroatoms. The lowest BCUT2D eigenvalue weighted by Crippen LogP contribution is -2.43. The number of fused-ring (bicyclic) bond motifs is 1. The zero-order valence-corrected chi connectivity index (χ0v) is 15.7. The summed E-state index contributed by atoms with van der Waals surface area (Å²) in [5.74, 6) is 0.576. The number of carbonyl (C=O) groups is 1. The highest BCUT2D eigenvalue weighted by molar-refractivity contribution is 5.94. The standard InChI is InChI=1S/C21H23N5O2/c27-20(16-4-1-9-22-12-16)24-11-3-5-17(14-24)26-19-18(6-2-10-23-19)25(21(26)28)13-15-7-8-15/h1-2,4,6,9-10,12,15,17H,3,5,7-8,11,13-14H2/t17-/m0/s1. The average molecular weight is 377 g/mol. The number of aromatic nitrogens is 4. The second-order valence-corrected chi connectivity index (χ2v) is 7.84. The second-order valence-electron chi connectivity index (χ2n) is 7.84. The molecule has 3 aromatic heterocycles. The minimum atomic E-state index is -0.0558. The maximum atomic E-state index is 13.3. The van der Waals surface area contributed by atoms with Crippen LogP contribution in [0.25, 0.3) is 11.2 Å². The van der Waals surface area contributed by atoms with E-state index >= 15 is 0 Å². The topological polar surface area (TPSA) is 73.0 Å². The fourth-order valence-electron chi connectivity index (χ4n) is 4.19. The Morgan fingerprint density at radius 1 is 1.14 bits per heavy atom. The van der Waals surface area contributed by atoms with Gasteiger partial charge in [0.2, 0.25) is 0 Å². The van der Waals surface area contributed by atoms with E-state index < -0.39 is 0 Å². The first kappa shape index (κ1) is 17.2. The van der Waals surface area contributed by atoms with Crippen molar-refractivity contribution in [3.8, 4) is 0 Å². The van der Waals surface area contributed by atoms with Crippen LogP contribution in [0.5, 0.6) is 0 Å². The van der Waals surface area contributed by atoms with Gasteiger partial charge in [-0.1, -0.05) is 0 Å². The number of amides is 1. The van der Waals surface area contributed by atoms with Crippen molar-refractivity contribution in [2.45, 2.75) is 38.3 Å². The van der Waals surface area contributed by atoms with Gasteiger partial charge in [-0.15, -0.1) is 0 Å². The Labute approximate surface area is 162 Å². The SMILES string of the molecule is O=C(c1cccnc1)N1CCC[C@H](n2c(=O)n(CC3CC3)c3cccnc32)C1. The van der Waals surface area contributed by atoms with Crippen LogP contribution in [0, 0.1) is 5.92 Å². The number of nitrogens with zero attached hydrogens (tertiary/aromatic N) is 5. The van der Waals surface area contributed by atoms with Crippen LogP contribution in [0.15, 0.2) is 47.7 Å². The zero-order chi connectivity index (χ0) is 19.1. The van der Waals surface area contributed by atoms with Crippen LogP contribution in [0.1, 0.15) is 42.1 Å². The molecule has 144 valence electrons. The smallest absolute Gasteiger partial charge is 0.330 e. The van der Waals surface area contributed by atoms with Crippen LogP contribution >= 0.6 is 0 Å². The van der Waals surface area contributed by atoms with E-state index in [4.69, 9.17) is 0 Å². The lowest BCUT2D eigenvalue weighted by Gasteiger charge is -2.33. The molecule has 0 unspecified atom stereocenters. The third-order valence-corrected chi connectivity index (χ3v) is 5.82. The molecule has 1 saturated heterocycles. The van der Waals surface area contributed by atoms with Gasteiger partial charge in [0.1, 0.15) is 0 Å². The molecule has 0 radical (unpaired) electrons. The summed E-state index contributed by atoms with van der Waals surface area (Å²) < 4.78 is 3.70. The van der Waals surface area contributed by atoms with Gasteiger partial charge >= 0.3 is 5.69 Å². The molecule has 2 fully saturated rings. The summed E-state index contributed by atoms with van der Waals surface area (Å²) in [6.07, 6.45) is 9.12. The Balaban J connectivity index is 1.49. The van der Waals surface area contributed by atoms with Crippen molar-refractivity contribution in [1.82, 2.24) is 24.0 Å². The molecule has 1 atom stereocenters. The maximum absolute atomic E-state index is 13.3. The lowest BCUT2D eigenvalue weighted by molar-refractivity contribution is 0.0678. The third-order valence-electron chi connectivity index (χ3n) is 5.82. The summed E-state index contributed by atoms with van der Waals surface area (Å²) >= 11 is 0. The Kier molecular flexibility index (Phi) is 4.22. The van der Waals surface area contributed by atoms with Crippen LogP contribution in [-0.2, 0) is 6.54 Å². The molecule has 2 aliphatic rings. The molecule has 1 aliphatic carbocycles. The van der Waals surface area contributed by atoms with Gasteiger partial charge in [0.25, 0.3) is 5.91 Å². The molecule has 0 aromatic carbocycles. The highest BCUT2D eigenvalue weighted by atomic mass is 16.2. The fraction of sp³-hybridized carbons (Fsp3) is 0.429. The van der Waals surface area contributed by atoms with Gasteiger partial charge in [0.15, 0.2) is 5.65 Å². The number of carbonyl (C=O) groups excluding carboxylic acids is 1. The molecule has 3 aromatic rings. The van der Waals surface area contributed by atoms with E-state index in [9.17, 15) is 9.59 Å². The van der Waals surface area contributed by atoms with Gasteiger partial charge in [0.05, 0.1) is 17.1 Å². The molecule has 1 saturated carbocycles. The summed E-state index contributed by atoms with van der Waals surface area (Å²) in [7, 11) is 0. The first-order valence-electron chi connectivity index (χ1n) is 9.97. The van der Waals surface area contributed by atoms with Crippen molar-refractivity contribution >= 4 is 17.1 Å². The highest BCUT2D eigenvalue weighted by Crippen LogP contribution is 2.32. The largest absolute Gasteiger partial charge is 0.337 e. The number of piperidine rings is 1. The van der Waals surface area contributed by atoms with E-state index in [-0.39, 0.29) is 17.6 Å². The number of hydrogen-bond acceptors (Lipinski definition) is 4. The predicted octanol–water partition coefficient (Wildman–Crippen LogP) is 2.48. The van der Waals surface area contributed by atoms with Crippen molar-refractivity contribution in [3.05, 3.63) is 58.9 Å². The lowest BCUT2D eigenvalue weighted by atomic mass is 10.0. The van der Waals surface area contributed by atoms with Crippen LogP contribution in [0.3, 0.4) is 0 Å². The van der Waals surface area contributed by atoms with Gasteiger partial charge in [-0.3, -0.25) is 18.9 Å². The van der Waals surface area contributed by atoms with E-state index in [1.807, 2.05) is 26.2 Å². The van der Waals surface area contributed by atoms with Gasteiger partial charge in [-0.05, 0) is 55.9 Å². The molecule has 0 spiro atoms. The molecule has 5 rings (SSSR count). The van der Waals surface area contributed by atoms with E-state index in [1.54, 1.807) is 30.7 Å². The Morgan fingerprint density at radius 2 is 2.00 bits per heavy atom. The van der Waals surface area contributed by atoms with Crippen molar-refractivity contribution < 1.29 is 4.79 Å². The molecule has 4 heterocycles. The van der Waals surface area contributed by atoms with Crippen molar-refractivity contribution in [2.24, 2.45) is 5.92 Å². The third kappa shape index (κ3) is 3.00. The minimum absolute atomic E-state index is 0.00118. The van der Waals surface area contributed by atoms with Crippen molar-refractivity contribution in [1.29, 1.82) is 0 Å². The molecule has 28 heavy (non-hydrogen) atoms. The van der Waals surface area contributed by atoms with Crippen molar-refractivity contribution in [3.63, 3.8) is 0 Å². The molecule has 0 N–H and O–H groups in total. The molecule has 0 bridgehead atoms. The van der Waals surface area contributed by atoms with Crippen LogP contribution in [-0.4, -0.2) is 43.0 Å². The molecular formula is C21H23N5O2. The average Bonchev–Trinajstić information content (AvgIpc) is 3.52. The molecule has 1 amide bonds. The molecular weight excluding hydrogens is 354 g/mol. The number of imidazole rings is 1. The number of pyridine rings is 2. The quantitative estimate of drug-likeness (QED) is 0.700. The molecule has 1 aliphatic heterocycles. The number of likely N-dealkylation sites (tertiary alicyclic amines) is 1. The summed E-state index contributed by atoms with van der Waals surface area (Å²) in [6, 6.07) is 7.36. The second kappa shape index (κ2) is 6.89. The number of hydrogen-bond donors (Lipinski definition) is 0. The van der Waals surface area contributed by atoms with Crippen LogP contribution < -0.4 is 5.69 Å². The van der Waals surface area contributed by atoms with Gasteiger partial charge in [-0.25, -0.2) is 9.78 Å². The van der Waals surface area contributed by atoms with E-state index in [1.165, 1.54) is 12.8 Å². The van der Waals surface area contributed by atoms with Gasteiger partial charge in [-0.2, -0.15) is 0 Å². The minimum Gasteiger partial charge on any atom is -0.337 e. The predicted molar refractivity (Wildman–Crippen MR) is 105 cm³/mol. The molecule has 7 nitrogen and oxygen atoms in total. The normalized spacial score (nSPS) is 19.9. The monoisotopic (exact) mass is 377 g/mol. The summed E-state index contributed by atoms with van der Waals surface area (Å²) in [6.45, 7) is 1.99. The van der Waals surface area contributed by atoms with Gasteiger partial charge in [0, 0.05) is 38.2 Å². The summed E-state index contributed by atoms with van der Waals surface area (Å²) in [5, 5.41) is 0. The van der Waals surface area contributed by atoms with Crippen LogP contribution in [0.2, 0.25) is 0 Å². The van der Waals surface area contributed by atoms with Crippen LogP contribution in [0.4, 0.5) is 0 Å². The highest BCUT2D eigenvalue weighted by Gasteiger charge is 2.30. The van der Waals surface area contributed by atoms with E-state index in [2.05, 4.69) is 9.97 Å². The van der Waals surface area contributed by atoms with E-state index in [0.717, 1.165) is 30.6 Å².